The van der Waals surface area contributed by atoms with Gasteiger partial charge in [0.1, 0.15) is 12.4 Å². The predicted octanol–water partition coefficient (Wildman–Crippen LogP) is 5.53. The van der Waals surface area contributed by atoms with Crippen LogP contribution in [0.3, 0.4) is 0 Å². The van der Waals surface area contributed by atoms with Crippen LogP contribution in [0.15, 0.2) is 48.3 Å². The van der Waals surface area contributed by atoms with E-state index in [9.17, 15) is 26.1 Å². The molecule has 246 valence electrons. The number of alkyl halides is 3. The number of allylic oxidation sites excluding steroid dienone is 2. The van der Waals surface area contributed by atoms with Crippen molar-refractivity contribution in [2.24, 2.45) is 0 Å². The minimum atomic E-state index is -4.47. The molecule has 0 atom stereocenters. The van der Waals surface area contributed by atoms with E-state index in [-0.39, 0.29) is 26.2 Å². The Morgan fingerprint density at radius 1 is 1.07 bits per heavy atom. The van der Waals surface area contributed by atoms with Crippen molar-refractivity contribution in [1.82, 2.24) is 4.57 Å². The highest BCUT2D eigenvalue weighted by Crippen LogP contribution is 2.44. The fourth-order valence-corrected chi connectivity index (χ4v) is 6.23. The van der Waals surface area contributed by atoms with Crippen LogP contribution in [0.2, 0.25) is 5.02 Å². The molecule has 0 fully saturated rings. The lowest BCUT2D eigenvalue weighted by atomic mass is 10.1. The van der Waals surface area contributed by atoms with Gasteiger partial charge in [-0.05, 0) is 56.2 Å². The van der Waals surface area contributed by atoms with Crippen LogP contribution in [0.4, 0.5) is 24.5 Å². The number of aryl methyl sites for hydroxylation is 1. The van der Waals surface area contributed by atoms with Crippen molar-refractivity contribution in [3.8, 4) is 0 Å². The molecule has 15 heteroatoms. The first kappa shape index (κ1) is 34.7. The van der Waals surface area contributed by atoms with Crippen molar-refractivity contribution in [2.75, 3.05) is 42.9 Å². The summed E-state index contributed by atoms with van der Waals surface area (Å²) < 4.78 is 83.8. The number of aromatic nitrogens is 2. The second-order valence-electron chi connectivity index (χ2n) is 10.3. The summed E-state index contributed by atoms with van der Waals surface area (Å²) in [6.07, 6.45) is 0.627. The third-order valence-electron chi connectivity index (χ3n) is 7.33. The first-order chi connectivity index (χ1) is 21.3. The van der Waals surface area contributed by atoms with Gasteiger partial charge in [-0.2, -0.15) is 13.2 Å². The highest BCUT2D eigenvalue weighted by Gasteiger charge is 2.36. The molecule has 0 saturated carbocycles. The Morgan fingerprint density at radius 3 is 2.42 bits per heavy atom. The van der Waals surface area contributed by atoms with E-state index in [0.717, 1.165) is 11.3 Å². The van der Waals surface area contributed by atoms with Crippen molar-refractivity contribution in [2.45, 2.75) is 52.7 Å². The molecule has 1 aliphatic rings. The maximum Gasteiger partial charge on any atom is 0.426 e. The van der Waals surface area contributed by atoms with Crippen molar-refractivity contribution in [3.05, 3.63) is 70.3 Å². The van der Waals surface area contributed by atoms with Gasteiger partial charge in [0, 0.05) is 42.6 Å². The fourth-order valence-electron chi connectivity index (χ4n) is 5.54. The Bertz CT molecular complexity index is 1690. The van der Waals surface area contributed by atoms with Gasteiger partial charge in [-0.1, -0.05) is 23.7 Å². The van der Waals surface area contributed by atoms with Gasteiger partial charge in [0.05, 0.1) is 41.8 Å². The monoisotopic (exact) mass is 672 g/mol. The van der Waals surface area contributed by atoms with E-state index < -0.39 is 28.6 Å². The summed E-state index contributed by atoms with van der Waals surface area (Å²) in [7, 11) is -1.54. The Labute approximate surface area is 265 Å². The second-order valence-corrected chi connectivity index (χ2v) is 12.2. The third kappa shape index (κ3) is 8.18. The molecule has 0 N–H and O–H groups in total. The number of halogens is 4. The third-order valence-corrected chi connectivity index (χ3v) is 8.47. The largest absolute Gasteiger partial charge is 0.748 e. The molecule has 0 radical (unpaired) electrons. The number of fused-ring (bicyclic) bond motifs is 2. The topological polar surface area (TPSA) is 100 Å². The van der Waals surface area contributed by atoms with Crippen LogP contribution in [-0.4, -0.2) is 56.8 Å². The van der Waals surface area contributed by atoms with Gasteiger partial charge in [0.2, 0.25) is 0 Å². The van der Waals surface area contributed by atoms with Crippen LogP contribution in [0.5, 0.6) is 0 Å². The fraction of sp³-hybridized carbons (Fsp3) is 0.433. The Morgan fingerprint density at radius 2 is 1.80 bits per heavy atom. The number of anilines is 2. The highest BCUT2D eigenvalue weighted by atomic mass is 35.5. The molecule has 0 spiro atoms. The van der Waals surface area contributed by atoms with E-state index >= 15 is 0 Å². The standard InChI is InChI=1S/C30H36ClF3N4O6S/c1-5-35-24-12-11-21(18-42-3)15-25(24)38(20-30(32,33)34)29(35)10-7-9-28-36(6-2)27-17-23(31)22(19-44-43-4)16-26(27)37(28)13-8-14-45(39,40)41/h7,9-12,15-17H,5-6,8,13-14,18-20H2,1-4H3. The summed E-state index contributed by atoms with van der Waals surface area (Å²) in [5, 5.41) is 0.427. The first-order valence-electron chi connectivity index (χ1n) is 14.3. The van der Waals surface area contributed by atoms with Gasteiger partial charge in [-0.15, -0.1) is 0 Å². The molecule has 1 aromatic heterocycles. The lowest BCUT2D eigenvalue weighted by Crippen LogP contribution is -2.36. The van der Waals surface area contributed by atoms with Crippen LogP contribution >= 0.6 is 11.6 Å². The van der Waals surface area contributed by atoms with E-state index in [1.54, 1.807) is 42.5 Å². The quantitative estimate of drug-likeness (QED) is 0.0955. The molecule has 0 bridgehead atoms. The maximum atomic E-state index is 13.8. The second kappa shape index (κ2) is 14.5. The van der Waals surface area contributed by atoms with Crippen molar-refractivity contribution in [3.63, 3.8) is 0 Å². The summed E-state index contributed by atoms with van der Waals surface area (Å²) in [4.78, 5) is 13.6. The van der Waals surface area contributed by atoms with Crippen molar-refractivity contribution >= 4 is 50.2 Å². The molecule has 10 nitrogen and oxygen atoms in total. The number of hydrogen-bond donors (Lipinski definition) is 0. The average Bonchev–Trinajstić information content (AvgIpc) is 3.40. The minimum absolute atomic E-state index is 0.0515. The molecule has 1 aliphatic heterocycles. The molecule has 0 aliphatic carbocycles. The zero-order valence-electron chi connectivity index (χ0n) is 25.4. The van der Waals surface area contributed by atoms with Gasteiger partial charge >= 0.3 is 6.18 Å². The number of benzene rings is 2. The molecule has 0 amide bonds. The Hall–Kier alpha value is -3.14. The number of hydrogen-bond acceptors (Lipinski definition) is 8. The highest BCUT2D eigenvalue weighted by molar-refractivity contribution is 7.85. The van der Waals surface area contributed by atoms with Gasteiger partial charge in [0.15, 0.2) is 17.6 Å². The molecular weight excluding hydrogens is 637 g/mol. The van der Waals surface area contributed by atoms with Crippen LogP contribution in [0, 0.1) is 0 Å². The number of nitrogens with zero attached hydrogens (tertiary/aromatic N) is 4. The molecular formula is C30H36ClF3N4O6S. The summed E-state index contributed by atoms with van der Waals surface area (Å²) >= 11 is 6.54. The van der Waals surface area contributed by atoms with Crippen LogP contribution in [0.1, 0.15) is 37.2 Å². The lowest BCUT2D eigenvalue weighted by Gasteiger charge is -2.24. The van der Waals surface area contributed by atoms with Crippen LogP contribution in [0.25, 0.3) is 17.1 Å². The molecule has 0 unspecified atom stereocenters. The van der Waals surface area contributed by atoms with Gasteiger partial charge in [-0.25, -0.2) is 27.3 Å². The van der Waals surface area contributed by atoms with Crippen LogP contribution in [-0.2, 0) is 50.9 Å². The zero-order chi connectivity index (χ0) is 32.9. The molecule has 3 aromatic rings. The normalized spacial score (nSPS) is 14.9. The lowest BCUT2D eigenvalue weighted by molar-refractivity contribution is -0.670. The molecule has 2 heterocycles. The van der Waals surface area contributed by atoms with Gasteiger partial charge in [-0.3, -0.25) is 0 Å². The van der Waals surface area contributed by atoms with Crippen molar-refractivity contribution in [1.29, 1.82) is 0 Å². The number of imidazole rings is 1. The molecule has 0 saturated heterocycles. The van der Waals surface area contributed by atoms with E-state index in [4.69, 9.17) is 26.1 Å². The summed E-state index contributed by atoms with van der Waals surface area (Å²) in [6, 6.07) is 8.90. The Balaban J connectivity index is 1.82. The van der Waals surface area contributed by atoms with Gasteiger partial charge < -0.3 is 19.1 Å². The van der Waals surface area contributed by atoms with E-state index in [2.05, 4.69) is 0 Å². The van der Waals surface area contributed by atoms with Crippen LogP contribution < -0.4 is 14.4 Å². The predicted molar refractivity (Wildman–Crippen MR) is 164 cm³/mol. The van der Waals surface area contributed by atoms with E-state index in [0.29, 0.717) is 52.0 Å². The zero-order valence-corrected chi connectivity index (χ0v) is 27.0. The molecule has 2 aromatic carbocycles. The van der Waals surface area contributed by atoms with E-state index in [1.807, 2.05) is 34.3 Å². The first-order valence-corrected chi connectivity index (χ1v) is 16.2. The number of ether oxygens (including phenoxy) is 1. The smallest absolute Gasteiger partial charge is 0.426 e. The average molecular weight is 673 g/mol. The number of methoxy groups -OCH3 is 1. The van der Waals surface area contributed by atoms with Crippen molar-refractivity contribution < 1.29 is 45.2 Å². The number of rotatable bonds is 14. The summed E-state index contributed by atoms with van der Waals surface area (Å²) in [5.74, 6) is 0.429. The summed E-state index contributed by atoms with van der Waals surface area (Å²) in [6.45, 7) is 4.03. The molecule has 45 heavy (non-hydrogen) atoms. The maximum absolute atomic E-state index is 13.8. The Kier molecular flexibility index (Phi) is 11.2. The minimum Gasteiger partial charge on any atom is -0.748 e. The molecule has 4 rings (SSSR count). The SMILES string of the molecule is CCN1/C(=C\C=C\c2n(CC(F)(F)F)c3cc(COC)ccc3[n+]2CC)N(CCCS(=O)(=O)[O-])c2cc(COOC)c(Cl)cc21. The summed E-state index contributed by atoms with van der Waals surface area (Å²) in [5.41, 5.74) is 3.91. The van der Waals surface area contributed by atoms with Gasteiger partial charge in [0.25, 0.3) is 5.82 Å². The van der Waals surface area contributed by atoms with E-state index in [1.165, 1.54) is 18.8 Å².